The van der Waals surface area contributed by atoms with E-state index in [1.165, 1.54) is 199 Å². The topological polar surface area (TPSA) is 189 Å². The van der Waals surface area contributed by atoms with Crippen LogP contribution in [0.1, 0.15) is 277 Å². The molecule has 11 heteroatoms. The Morgan fingerprint density at radius 1 is 0.500 bits per heavy atom. The lowest BCUT2D eigenvalue weighted by Crippen LogP contribution is -2.60. The van der Waals surface area contributed by atoms with Gasteiger partial charge in [-0.05, 0) is 38.5 Å². The zero-order chi connectivity index (χ0) is 49.7. The van der Waals surface area contributed by atoms with E-state index in [1.807, 2.05) is 0 Å². The fourth-order valence-corrected chi connectivity index (χ4v) is 9.56. The summed E-state index contributed by atoms with van der Waals surface area (Å²) in [5.41, 5.74) is 0. The van der Waals surface area contributed by atoms with Crippen LogP contribution in [0.3, 0.4) is 0 Å². The Kier molecular flexibility index (Phi) is 44.7. The van der Waals surface area contributed by atoms with E-state index in [1.54, 1.807) is 0 Å². The third-order valence-electron chi connectivity index (χ3n) is 14.3. The van der Waals surface area contributed by atoms with Crippen molar-refractivity contribution < 1.29 is 50.0 Å². The van der Waals surface area contributed by atoms with E-state index >= 15 is 0 Å². The normalized spacial score (nSPS) is 20.5. The van der Waals surface area contributed by atoms with Gasteiger partial charge in [0, 0.05) is 0 Å². The molecule has 1 aliphatic heterocycles. The van der Waals surface area contributed by atoms with Crippen molar-refractivity contribution in [2.75, 3.05) is 13.2 Å². The summed E-state index contributed by atoms with van der Waals surface area (Å²) in [5, 5.41) is 76.0. The van der Waals surface area contributed by atoms with Crippen molar-refractivity contribution in [3.63, 3.8) is 0 Å². The Morgan fingerprint density at radius 2 is 0.868 bits per heavy atom. The van der Waals surface area contributed by atoms with Gasteiger partial charge in [-0.2, -0.15) is 0 Å². The summed E-state index contributed by atoms with van der Waals surface area (Å²) in [4.78, 5) is 13.1. The summed E-state index contributed by atoms with van der Waals surface area (Å²) in [6, 6.07) is -1.18. The van der Waals surface area contributed by atoms with E-state index in [0.29, 0.717) is 12.8 Å². The molecule has 0 radical (unpaired) electrons. The Morgan fingerprint density at radius 3 is 1.26 bits per heavy atom. The zero-order valence-electron chi connectivity index (χ0n) is 44.1. The number of amides is 1. The molecule has 1 fully saturated rings. The molecule has 0 aliphatic carbocycles. The Bertz CT molecular complexity index is 1110. The summed E-state index contributed by atoms with van der Waals surface area (Å²) < 4.78 is 11.1. The predicted octanol–water partition coefficient (Wildman–Crippen LogP) is 12.0. The van der Waals surface area contributed by atoms with Crippen molar-refractivity contribution in [1.29, 1.82) is 0 Å². The Hall–Kier alpha value is -1.15. The lowest BCUT2D eigenvalue weighted by Gasteiger charge is -2.40. The zero-order valence-corrected chi connectivity index (χ0v) is 44.1. The minimum absolute atomic E-state index is 0.259. The fraction of sp³-hybridized carbons (Fsp3) is 0.947. The highest BCUT2D eigenvalue weighted by atomic mass is 16.7. The van der Waals surface area contributed by atoms with Crippen LogP contribution in [0.25, 0.3) is 0 Å². The van der Waals surface area contributed by atoms with Crippen LogP contribution in [0, 0.1) is 0 Å². The van der Waals surface area contributed by atoms with Gasteiger partial charge in [-0.15, -0.1) is 0 Å². The molecule has 1 saturated heterocycles. The molecule has 0 spiro atoms. The summed E-state index contributed by atoms with van der Waals surface area (Å²) in [6.07, 6.45) is 42.8. The van der Waals surface area contributed by atoms with Gasteiger partial charge in [0.05, 0.1) is 25.4 Å². The third kappa shape index (κ3) is 35.1. The molecule has 0 aromatic rings. The molecule has 0 aromatic heterocycles. The molecule has 11 nitrogen and oxygen atoms in total. The average molecular weight is 971 g/mol. The van der Waals surface area contributed by atoms with E-state index in [0.717, 1.165) is 38.5 Å². The van der Waals surface area contributed by atoms with Gasteiger partial charge in [-0.25, -0.2) is 0 Å². The van der Waals surface area contributed by atoms with E-state index in [9.17, 15) is 40.5 Å². The molecule has 0 saturated carbocycles. The highest BCUT2D eigenvalue weighted by Crippen LogP contribution is 2.23. The second-order valence-corrected chi connectivity index (χ2v) is 20.7. The number of ether oxygens (including phenoxy) is 2. The maximum Gasteiger partial charge on any atom is 0.249 e. The minimum Gasteiger partial charge on any atom is -0.394 e. The number of carbonyl (C=O) groups is 1. The maximum atomic E-state index is 13.1. The standard InChI is InChI=1S/C57H111NO10/c1-3-5-7-9-11-13-15-17-19-20-21-22-23-24-25-26-27-28-29-30-31-33-34-36-38-40-42-44-49(60)52(62)48(47-67-57-55(65)54(64)53(63)51(46-59)68-57)58-56(66)50(61)45-43-41-39-37-35-32-18-16-14-12-10-8-6-4-2/h36,38,48-55,57,59-65H,3-35,37,39-47H2,1-2H3,(H,58,66)/b38-36+. The number of hydrogen-bond donors (Lipinski definition) is 8. The van der Waals surface area contributed by atoms with Crippen LogP contribution in [0.4, 0.5) is 0 Å². The van der Waals surface area contributed by atoms with Crippen LogP contribution in [0.2, 0.25) is 0 Å². The number of aliphatic hydroxyl groups is 7. The summed E-state index contributed by atoms with van der Waals surface area (Å²) >= 11 is 0. The third-order valence-corrected chi connectivity index (χ3v) is 14.3. The van der Waals surface area contributed by atoms with Crippen LogP contribution in [-0.4, -0.2) is 110 Å². The largest absolute Gasteiger partial charge is 0.394 e. The predicted molar refractivity (Wildman–Crippen MR) is 279 cm³/mol. The lowest BCUT2D eigenvalue weighted by atomic mass is 9.98. The summed E-state index contributed by atoms with van der Waals surface area (Å²) in [7, 11) is 0. The quantitative estimate of drug-likeness (QED) is 0.0215. The fourth-order valence-electron chi connectivity index (χ4n) is 9.56. The van der Waals surface area contributed by atoms with Crippen LogP contribution in [0.15, 0.2) is 12.2 Å². The van der Waals surface area contributed by atoms with Gasteiger partial charge in [-0.3, -0.25) is 4.79 Å². The highest BCUT2D eigenvalue weighted by molar-refractivity contribution is 5.80. The number of unbranched alkanes of at least 4 members (excludes halogenated alkanes) is 36. The number of allylic oxidation sites excluding steroid dienone is 2. The van der Waals surface area contributed by atoms with Crippen molar-refractivity contribution in [3.8, 4) is 0 Å². The molecule has 404 valence electrons. The number of hydrogen-bond acceptors (Lipinski definition) is 10. The van der Waals surface area contributed by atoms with Gasteiger partial charge in [0.2, 0.25) is 5.91 Å². The van der Waals surface area contributed by atoms with Crippen molar-refractivity contribution in [2.24, 2.45) is 0 Å². The van der Waals surface area contributed by atoms with Gasteiger partial charge in [0.15, 0.2) is 6.29 Å². The van der Waals surface area contributed by atoms with Gasteiger partial charge >= 0.3 is 0 Å². The van der Waals surface area contributed by atoms with Crippen molar-refractivity contribution >= 4 is 5.91 Å². The van der Waals surface area contributed by atoms with Crippen molar-refractivity contribution in [1.82, 2.24) is 5.32 Å². The molecular weight excluding hydrogens is 859 g/mol. The first-order valence-corrected chi connectivity index (χ1v) is 29.1. The molecule has 1 heterocycles. The summed E-state index contributed by atoms with van der Waals surface area (Å²) in [6.45, 7) is 3.47. The van der Waals surface area contributed by atoms with Gasteiger partial charge < -0.3 is 50.5 Å². The smallest absolute Gasteiger partial charge is 0.249 e. The molecule has 1 aliphatic rings. The minimum atomic E-state index is -1.66. The first-order valence-electron chi connectivity index (χ1n) is 29.1. The lowest BCUT2D eigenvalue weighted by molar-refractivity contribution is -0.303. The van der Waals surface area contributed by atoms with E-state index in [2.05, 4.69) is 31.3 Å². The average Bonchev–Trinajstić information content (AvgIpc) is 3.34. The second kappa shape index (κ2) is 46.9. The SMILES string of the molecule is CCCCCCCCCCCCCCCCCCCCCCCC/C=C/CCCC(O)C(O)C(COC1OC(CO)C(O)C(O)C1O)NC(=O)C(O)CCCCCCCCCCCCCCCC. The van der Waals surface area contributed by atoms with Crippen molar-refractivity contribution in [2.45, 2.75) is 332 Å². The number of aliphatic hydroxyl groups excluding tert-OH is 7. The molecule has 8 N–H and O–H groups in total. The van der Waals surface area contributed by atoms with E-state index < -0.39 is 74.2 Å². The first-order chi connectivity index (χ1) is 33.2. The van der Waals surface area contributed by atoms with Crippen molar-refractivity contribution in [3.05, 3.63) is 12.2 Å². The number of nitrogens with one attached hydrogen (secondary N) is 1. The molecule has 0 bridgehead atoms. The number of rotatable bonds is 50. The highest BCUT2D eigenvalue weighted by Gasteiger charge is 2.44. The molecule has 1 rings (SSSR count). The molecule has 9 atom stereocenters. The molecule has 0 aromatic carbocycles. The van der Waals surface area contributed by atoms with Gasteiger partial charge in [0.1, 0.15) is 36.6 Å². The second-order valence-electron chi connectivity index (χ2n) is 20.7. The van der Waals surface area contributed by atoms with Crippen LogP contribution in [-0.2, 0) is 14.3 Å². The summed E-state index contributed by atoms with van der Waals surface area (Å²) in [5.74, 6) is -0.702. The van der Waals surface area contributed by atoms with E-state index in [4.69, 9.17) is 9.47 Å². The molecule has 1 amide bonds. The molecule has 68 heavy (non-hydrogen) atoms. The maximum absolute atomic E-state index is 13.1. The van der Waals surface area contributed by atoms with Gasteiger partial charge in [-0.1, -0.05) is 251 Å². The molecule has 9 unspecified atom stereocenters. The monoisotopic (exact) mass is 970 g/mol. The Labute approximate surface area is 417 Å². The van der Waals surface area contributed by atoms with Gasteiger partial charge in [0.25, 0.3) is 0 Å². The number of carbonyl (C=O) groups excluding carboxylic acids is 1. The first kappa shape index (κ1) is 64.9. The van der Waals surface area contributed by atoms with Crippen LogP contribution in [0.5, 0.6) is 0 Å². The van der Waals surface area contributed by atoms with Crippen LogP contribution >= 0.6 is 0 Å². The molecular formula is C57H111NO10. The van der Waals surface area contributed by atoms with E-state index in [-0.39, 0.29) is 12.8 Å². The Balaban J connectivity index is 2.28. The van der Waals surface area contributed by atoms with Crippen LogP contribution < -0.4 is 5.32 Å².